The standard InChI is InChI=1S/C10H10N2S/c1-8-2-4-9(5-3-8)10-6-13(11)7-12-10/h2-7,11H,1H3. The zero-order valence-corrected chi connectivity index (χ0v) is 8.14. The third-order valence-electron chi connectivity index (χ3n) is 1.89. The molecule has 3 heteroatoms. The van der Waals surface area contributed by atoms with Crippen molar-refractivity contribution in [3.63, 3.8) is 0 Å². The summed E-state index contributed by atoms with van der Waals surface area (Å²) in [5.74, 6) is 0. The molecular weight excluding hydrogens is 180 g/mol. The first-order chi connectivity index (χ1) is 6.25. The largest absolute Gasteiger partial charge is 0.270 e. The number of rotatable bonds is 1. The van der Waals surface area contributed by atoms with Gasteiger partial charge in [0.05, 0.1) is 11.2 Å². The van der Waals surface area contributed by atoms with Crippen LogP contribution in [-0.2, 0) is 10.7 Å². The summed E-state index contributed by atoms with van der Waals surface area (Å²) < 4.78 is 7.46. The number of nitrogens with one attached hydrogen (secondary N) is 1. The Morgan fingerprint density at radius 1 is 1.23 bits per heavy atom. The van der Waals surface area contributed by atoms with Crippen molar-refractivity contribution in [1.29, 1.82) is 4.78 Å². The Bertz CT molecular complexity index is 401. The van der Waals surface area contributed by atoms with E-state index in [1.54, 1.807) is 5.55 Å². The number of aliphatic imine (C=N–C) groups is 1. The number of hydrogen-bond donors (Lipinski definition) is 1. The summed E-state index contributed by atoms with van der Waals surface area (Å²) in [6.45, 7) is 2.06. The van der Waals surface area contributed by atoms with Crippen LogP contribution in [0.4, 0.5) is 0 Å². The first-order valence-corrected chi connectivity index (χ1v) is 5.37. The highest BCUT2D eigenvalue weighted by molar-refractivity contribution is 8.02. The van der Waals surface area contributed by atoms with Gasteiger partial charge in [-0.3, -0.25) is 4.78 Å². The lowest BCUT2D eigenvalue weighted by molar-refractivity contribution is 1.44. The van der Waals surface area contributed by atoms with Gasteiger partial charge in [0.15, 0.2) is 0 Å². The molecule has 0 bridgehead atoms. The van der Waals surface area contributed by atoms with Crippen molar-refractivity contribution in [3.05, 3.63) is 40.8 Å². The molecule has 2 nitrogen and oxygen atoms in total. The van der Waals surface area contributed by atoms with Gasteiger partial charge in [0.1, 0.15) is 0 Å². The van der Waals surface area contributed by atoms with E-state index in [1.165, 1.54) is 5.56 Å². The monoisotopic (exact) mass is 190 g/mol. The molecule has 1 aliphatic heterocycles. The van der Waals surface area contributed by atoms with Gasteiger partial charge in [0, 0.05) is 11.0 Å². The van der Waals surface area contributed by atoms with E-state index >= 15 is 0 Å². The molecule has 66 valence electrons. The average molecular weight is 190 g/mol. The van der Waals surface area contributed by atoms with Crippen molar-refractivity contribution < 1.29 is 0 Å². The topological polar surface area (TPSA) is 36.2 Å². The minimum atomic E-state index is -0.512. The average Bonchev–Trinajstić information content (AvgIpc) is 2.53. The van der Waals surface area contributed by atoms with Crippen LogP contribution in [0.25, 0.3) is 5.70 Å². The van der Waals surface area contributed by atoms with Crippen LogP contribution in [-0.4, -0.2) is 5.55 Å². The molecular formula is C10H10N2S. The molecule has 0 amide bonds. The molecule has 0 saturated carbocycles. The summed E-state index contributed by atoms with van der Waals surface area (Å²) in [6, 6.07) is 8.21. The third-order valence-corrected chi connectivity index (χ3v) is 2.70. The summed E-state index contributed by atoms with van der Waals surface area (Å²) in [6.07, 6.45) is 0. The Labute approximate surface area is 79.9 Å². The van der Waals surface area contributed by atoms with Crippen molar-refractivity contribution in [2.24, 2.45) is 4.99 Å². The van der Waals surface area contributed by atoms with Crippen LogP contribution < -0.4 is 0 Å². The van der Waals surface area contributed by atoms with E-state index in [0.29, 0.717) is 0 Å². The molecule has 0 saturated heterocycles. The van der Waals surface area contributed by atoms with Crippen LogP contribution in [0.15, 0.2) is 34.7 Å². The molecule has 0 aromatic heterocycles. The highest BCUT2D eigenvalue weighted by Gasteiger charge is 2.04. The maximum atomic E-state index is 7.46. The van der Waals surface area contributed by atoms with Gasteiger partial charge in [-0.25, -0.2) is 4.99 Å². The van der Waals surface area contributed by atoms with Gasteiger partial charge in [-0.1, -0.05) is 29.8 Å². The Kier molecular flexibility index (Phi) is 2.10. The maximum Gasteiger partial charge on any atom is 0.0784 e. The minimum absolute atomic E-state index is 0.512. The highest BCUT2D eigenvalue weighted by atomic mass is 32.2. The zero-order valence-electron chi connectivity index (χ0n) is 7.32. The SMILES string of the molecule is Cc1ccc(C2=CS(=N)C=N2)cc1. The number of hydrogen-bond acceptors (Lipinski definition) is 2. The van der Waals surface area contributed by atoms with Crippen LogP contribution in [0.3, 0.4) is 0 Å². The fourth-order valence-corrected chi connectivity index (χ4v) is 1.89. The summed E-state index contributed by atoms with van der Waals surface area (Å²) in [5.41, 5.74) is 4.95. The summed E-state index contributed by atoms with van der Waals surface area (Å²) in [4.78, 5) is 4.18. The molecule has 0 spiro atoms. The first-order valence-electron chi connectivity index (χ1n) is 4.02. The van der Waals surface area contributed by atoms with E-state index in [2.05, 4.69) is 24.0 Å². The van der Waals surface area contributed by atoms with E-state index in [4.69, 9.17) is 4.78 Å². The smallest absolute Gasteiger partial charge is 0.0784 e. The van der Waals surface area contributed by atoms with Crippen LogP contribution in [0.1, 0.15) is 11.1 Å². The summed E-state index contributed by atoms with van der Waals surface area (Å²) in [7, 11) is -0.512. The van der Waals surface area contributed by atoms with Gasteiger partial charge in [-0.05, 0) is 17.6 Å². The van der Waals surface area contributed by atoms with Crippen LogP contribution >= 0.6 is 0 Å². The maximum absolute atomic E-state index is 7.46. The van der Waals surface area contributed by atoms with E-state index in [-0.39, 0.29) is 0 Å². The number of benzene rings is 1. The second kappa shape index (κ2) is 3.26. The minimum Gasteiger partial charge on any atom is -0.270 e. The van der Waals surface area contributed by atoms with Crippen molar-refractivity contribution in [2.45, 2.75) is 6.92 Å². The van der Waals surface area contributed by atoms with Gasteiger partial charge < -0.3 is 0 Å². The predicted octanol–water partition coefficient (Wildman–Crippen LogP) is 2.72. The predicted molar refractivity (Wildman–Crippen MR) is 57.7 cm³/mol. The molecule has 1 atom stereocenters. The molecule has 0 radical (unpaired) electrons. The summed E-state index contributed by atoms with van der Waals surface area (Å²) in [5, 5.41) is 1.88. The Hall–Kier alpha value is -1.22. The number of aryl methyl sites for hydroxylation is 1. The van der Waals surface area contributed by atoms with Crippen molar-refractivity contribution in [2.75, 3.05) is 0 Å². The van der Waals surface area contributed by atoms with Crippen molar-refractivity contribution in [3.8, 4) is 0 Å². The molecule has 13 heavy (non-hydrogen) atoms. The van der Waals surface area contributed by atoms with Gasteiger partial charge >= 0.3 is 0 Å². The molecule has 1 aliphatic rings. The molecule has 1 N–H and O–H groups in total. The molecule has 1 heterocycles. The first kappa shape index (κ1) is 8.38. The highest BCUT2D eigenvalue weighted by Crippen LogP contribution is 2.20. The van der Waals surface area contributed by atoms with Gasteiger partial charge in [-0.15, -0.1) is 0 Å². The van der Waals surface area contributed by atoms with Crippen molar-refractivity contribution in [1.82, 2.24) is 0 Å². The fraction of sp³-hybridized carbons (Fsp3) is 0.100. The quantitative estimate of drug-likeness (QED) is 0.707. The lowest BCUT2D eigenvalue weighted by Crippen LogP contribution is -1.78. The van der Waals surface area contributed by atoms with E-state index in [9.17, 15) is 0 Å². The normalized spacial score (nSPS) is 20.4. The molecule has 1 aromatic carbocycles. The van der Waals surface area contributed by atoms with Crippen molar-refractivity contribution >= 4 is 21.9 Å². The lowest BCUT2D eigenvalue weighted by atomic mass is 10.1. The molecule has 1 aromatic rings. The molecule has 0 fully saturated rings. The van der Waals surface area contributed by atoms with E-state index < -0.39 is 10.7 Å². The Morgan fingerprint density at radius 3 is 2.46 bits per heavy atom. The second-order valence-electron chi connectivity index (χ2n) is 2.98. The third kappa shape index (κ3) is 1.75. The van der Waals surface area contributed by atoms with E-state index in [1.807, 2.05) is 17.5 Å². The molecule has 2 rings (SSSR count). The Balaban J connectivity index is 2.37. The molecule has 1 unspecified atom stereocenters. The van der Waals surface area contributed by atoms with Crippen LogP contribution in [0.5, 0.6) is 0 Å². The van der Waals surface area contributed by atoms with Gasteiger partial charge in [0.2, 0.25) is 0 Å². The molecule has 0 aliphatic carbocycles. The van der Waals surface area contributed by atoms with Crippen LogP contribution in [0, 0.1) is 11.7 Å². The number of nitrogens with zero attached hydrogens (tertiary/aromatic N) is 1. The van der Waals surface area contributed by atoms with E-state index in [0.717, 1.165) is 11.3 Å². The fourth-order valence-electron chi connectivity index (χ4n) is 1.16. The zero-order chi connectivity index (χ0) is 9.26. The lowest BCUT2D eigenvalue weighted by Gasteiger charge is -1.98. The summed E-state index contributed by atoms with van der Waals surface area (Å²) >= 11 is 0. The van der Waals surface area contributed by atoms with Gasteiger partial charge in [0.25, 0.3) is 0 Å². The van der Waals surface area contributed by atoms with Crippen LogP contribution in [0.2, 0.25) is 0 Å². The van der Waals surface area contributed by atoms with Gasteiger partial charge in [-0.2, -0.15) is 0 Å². The Morgan fingerprint density at radius 2 is 1.92 bits per heavy atom. The second-order valence-corrected chi connectivity index (χ2v) is 4.17.